The van der Waals surface area contributed by atoms with Gasteiger partial charge in [-0.05, 0) is 35.4 Å². The molecule has 3 aromatic rings. The number of benzene rings is 3. The third-order valence-corrected chi connectivity index (χ3v) is 5.68. The fourth-order valence-corrected chi connectivity index (χ4v) is 3.97. The third kappa shape index (κ3) is 5.84. The number of hydrogen-bond acceptors (Lipinski definition) is 6. The minimum Gasteiger partial charge on any atom is -0.454 e. The smallest absolute Gasteiger partial charge is 0.338 e. The summed E-state index contributed by atoms with van der Waals surface area (Å²) in [5.41, 5.74) is 10.4. The van der Waals surface area contributed by atoms with E-state index in [0.717, 1.165) is 5.56 Å². The first kappa shape index (κ1) is 23.9. The summed E-state index contributed by atoms with van der Waals surface area (Å²) in [5.74, 6) is -1.52. The lowest BCUT2D eigenvalue weighted by atomic mass is 9.97. The maximum Gasteiger partial charge on any atom is 0.338 e. The number of nitrogens with zero attached hydrogens (tertiary/aromatic N) is 4. The predicted octanol–water partition coefficient (Wildman–Crippen LogP) is 4.93. The van der Waals surface area contributed by atoms with Crippen LogP contribution in [-0.4, -0.2) is 47.9 Å². The average Bonchev–Trinajstić information content (AvgIpc) is 2.90. The molecule has 4 atom stereocenters. The quantitative estimate of drug-likeness (QED) is 0.159. The van der Waals surface area contributed by atoms with Crippen LogP contribution in [0, 0.1) is 0 Å². The lowest BCUT2D eigenvalue weighted by Crippen LogP contribution is -2.61. The number of likely N-dealkylation sites (tertiary alicyclic amines) is 1. The minimum atomic E-state index is -1.82. The summed E-state index contributed by atoms with van der Waals surface area (Å²) in [7, 11) is 0. The standard InChI is InChI=1S/C26H23FN4O4/c27-24-23(35-26(33)20-14-8-3-9-15-20)22(34-25(32)19-12-6-2-7-13-19)21(29-30-28)17-31(24)16-18-10-4-1-5-11-18/h1-15,21-24H,16-17H2/t21-,22+,23-,24-/m0/s1. The Morgan fingerprint density at radius 1 is 0.857 bits per heavy atom. The Morgan fingerprint density at radius 3 is 1.86 bits per heavy atom. The number of esters is 2. The molecule has 9 heteroatoms. The van der Waals surface area contributed by atoms with Crippen LogP contribution in [0.25, 0.3) is 10.4 Å². The summed E-state index contributed by atoms with van der Waals surface area (Å²) in [6.07, 6.45) is -4.67. The van der Waals surface area contributed by atoms with E-state index in [9.17, 15) is 15.1 Å². The van der Waals surface area contributed by atoms with E-state index >= 15 is 4.39 Å². The summed E-state index contributed by atoms with van der Waals surface area (Å²) in [6.45, 7) is 0.143. The van der Waals surface area contributed by atoms with E-state index in [0.29, 0.717) is 0 Å². The zero-order valence-corrected chi connectivity index (χ0v) is 18.7. The number of carbonyl (C=O) groups is 2. The summed E-state index contributed by atoms with van der Waals surface area (Å²) in [4.78, 5) is 29.9. The maximum atomic E-state index is 15.9. The van der Waals surface area contributed by atoms with Crippen molar-refractivity contribution < 1.29 is 23.5 Å². The largest absolute Gasteiger partial charge is 0.454 e. The molecule has 0 spiro atoms. The third-order valence-electron chi connectivity index (χ3n) is 5.68. The number of ether oxygens (including phenoxy) is 2. The second-order valence-electron chi connectivity index (χ2n) is 8.03. The van der Waals surface area contributed by atoms with Gasteiger partial charge in [-0.25, -0.2) is 14.0 Å². The number of halogens is 1. The highest BCUT2D eigenvalue weighted by molar-refractivity contribution is 5.90. The predicted molar refractivity (Wildman–Crippen MR) is 126 cm³/mol. The summed E-state index contributed by atoms with van der Waals surface area (Å²) in [6, 6.07) is 24.5. The van der Waals surface area contributed by atoms with E-state index in [1.807, 2.05) is 30.3 Å². The summed E-state index contributed by atoms with van der Waals surface area (Å²) < 4.78 is 27.1. The first-order valence-corrected chi connectivity index (χ1v) is 11.0. The molecule has 1 heterocycles. The van der Waals surface area contributed by atoms with E-state index in [4.69, 9.17) is 9.47 Å². The fourth-order valence-electron chi connectivity index (χ4n) is 3.97. The molecule has 178 valence electrons. The second kappa shape index (κ2) is 11.3. The first-order valence-electron chi connectivity index (χ1n) is 11.0. The molecule has 0 aromatic heterocycles. The second-order valence-corrected chi connectivity index (χ2v) is 8.03. The van der Waals surface area contributed by atoms with Gasteiger partial charge < -0.3 is 9.47 Å². The number of piperidine rings is 1. The topological polar surface area (TPSA) is 105 Å². The Kier molecular flexibility index (Phi) is 7.72. The van der Waals surface area contributed by atoms with Crippen molar-refractivity contribution in [2.24, 2.45) is 5.11 Å². The van der Waals surface area contributed by atoms with Gasteiger partial charge in [-0.15, -0.1) is 0 Å². The number of alkyl halides is 1. The van der Waals surface area contributed by atoms with Crippen LogP contribution >= 0.6 is 0 Å². The van der Waals surface area contributed by atoms with Crippen molar-refractivity contribution in [3.05, 3.63) is 118 Å². The van der Waals surface area contributed by atoms with Crippen LogP contribution in [0.5, 0.6) is 0 Å². The van der Waals surface area contributed by atoms with E-state index < -0.39 is 36.5 Å². The lowest BCUT2D eigenvalue weighted by Gasteiger charge is -2.43. The van der Waals surface area contributed by atoms with Crippen molar-refractivity contribution in [2.75, 3.05) is 6.54 Å². The molecule has 0 amide bonds. The molecule has 3 aromatic carbocycles. The first-order chi connectivity index (χ1) is 17.1. The molecule has 0 N–H and O–H groups in total. The zero-order chi connectivity index (χ0) is 24.6. The SMILES string of the molecule is [N-]=[N+]=N[C@H]1CN(Cc2ccccc2)[C@H](F)[C@@H](OC(=O)c2ccccc2)[C@@H]1OC(=O)c1ccccc1. The van der Waals surface area contributed by atoms with Crippen molar-refractivity contribution in [1.82, 2.24) is 4.90 Å². The van der Waals surface area contributed by atoms with Gasteiger partial charge in [0.15, 0.2) is 18.5 Å². The molecule has 35 heavy (non-hydrogen) atoms. The van der Waals surface area contributed by atoms with Gasteiger partial charge in [-0.3, -0.25) is 4.90 Å². The van der Waals surface area contributed by atoms with Gasteiger partial charge in [0, 0.05) is 18.0 Å². The summed E-state index contributed by atoms with van der Waals surface area (Å²) >= 11 is 0. The molecular formula is C26H23FN4O4. The fraction of sp³-hybridized carbons (Fsp3) is 0.231. The van der Waals surface area contributed by atoms with Gasteiger partial charge in [0.25, 0.3) is 0 Å². The van der Waals surface area contributed by atoms with Crippen molar-refractivity contribution >= 4 is 11.9 Å². The minimum absolute atomic E-state index is 0.0355. The molecule has 1 aliphatic heterocycles. The Bertz CT molecular complexity index is 1190. The Morgan fingerprint density at radius 2 is 1.34 bits per heavy atom. The van der Waals surface area contributed by atoms with Crippen LogP contribution in [0.2, 0.25) is 0 Å². The zero-order valence-electron chi connectivity index (χ0n) is 18.7. The van der Waals surface area contributed by atoms with Crippen LogP contribution in [0.1, 0.15) is 26.3 Å². The van der Waals surface area contributed by atoms with Crippen LogP contribution in [0.4, 0.5) is 4.39 Å². The highest BCUT2D eigenvalue weighted by Gasteiger charge is 2.48. The molecule has 0 radical (unpaired) electrons. The van der Waals surface area contributed by atoms with E-state index in [-0.39, 0.29) is 24.2 Å². The number of azide groups is 1. The van der Waals surface area contributed by atoms with Gasteiger partial charge in [0.05, 0.1) is 17.2 Å². The van der Waals surface area contributed by atoms with Gasteiger partial charge in [0.1, 0.15) is 0 Å². The monoisotopic (exact) mass is 474 g/mol. The van der Waals surface area contributed by atoms with Gasteiger partial charge >= 0.3 is 11.9 Å². The highest BCUT2D eigenvalue weighted by atomic mass is 19.1. The van der Waals surface area contributed by atoms with E-state index in [1.165, 1.54) is 17.0 Å². The molecule has 0 saturated carbocycles. The van der Waals surface area contributed by atoms with Crippen LogP contribution in [0.15, 0.2) is 96.1 Å². The van der Waals surface area contributed by atoms with Crippen LogP contribution in [0.3, 0.4) is 0 Å². The van der Waals surface area contributed by atoms with Crippen LogP contribution in [-0.2, 0) is 16.0 Å². The van der Waals surface area contributed by atoms with Crippen molar-refractivity contribution in [3.8, 4) is 0 Å². The molecule has 1 fully saturated rings. The van der Waals surface area contributed by atoms with Gasteiger partial charge in [0.2, 0.25) is 0 Å². The number of carbonyl (C=O) groups excluding carboxylic acids is 2. The molecule has 8 nitrogen and oxygen atoms in total. The highest BCUT2D eigenvalue weighted by Crippen LogP contribution is 2.30. The maximum absolute atomic E-state index is 15.9. The lowest BCUT2D eigenvalue weighted by molar-refractivity contribution is -0.140. The summed E-state index contributed by atoms with van der Waals surface area (Å²) in [5, 5.41) is 3.77. The van der Waals surface area contributed by atoms with E-state index in [2.05, 4.69) is 10.0 Å². The number of rotatable bonds is 7. The Balaban J connectivity index is 1.65. The molecular weight excluding hydrogens is 451 g/mol. The van der Waals surface area contributed by atoms with Crippen LogP contribution < -0.4 is 0 Å². The Labute approximate surface area is 201 Å². The van der Waals surface area contributed by atoms with Crippen molar-refractivity contribution in [3.63, 3.8) is 0 Å². The molecule has 0 bridgehead atoms. The number of hydrogen-bond donors (Lipinski definition) is 0. The Hall–Kier alpha value is -4.20. The normalized spacial score (nSPS) is 22.0. The molecule has 0 aliphatic carbocycles. The van der Waals surface area contributed by atoms with Gasteiger partial charge in [-0.2, -0.15) is 0 Å². The van der Waals surface area contributed by atoms with Gasteiger partial charge in [-0.1, -0.05) is 71.8 Å². The average molecular weight is 474 g/mol. The van der Waals surface area contributed by atoms with Crippen molar-refractivity contribution in [2.45, 2.75) is 31.1 Å². The molecule has 1 saturated heterocycles. The van der Waals surface area contributed by atoms with Crippen molar-refractivity contribution in [1.29, 1.82) is 0 Å². The molecule has 0 unspecified atom stereocenters. The molecule has 1 aliphatic rings. The molecule has 4 rings (SSSR count). The van der Waals surface area contributed by atoms with E-state index in [1.54, 1.807) is 48.5 Å².